The van der Waals surface area contributed by atoms with Gasteiger partial charge in [0, 0.05) is 20.9 Å². The normalized spacial score (nSPS) is 10.7. The standard InChI is InChI=1S/C24H20BrClN4O3S/c1-32-20-12-8-19(9-13-20)30-22(14-33-21-10-4-17(26)5-11-21)28-29-24(30)34-15-23(31)27-18-6-2-16(25)3-7-18/h2-13H,14-15H2,1H3,(H,27,31). The fourth-order valence-electron chi connectivity index (χ4n) is 3.02. The number of carbonyl (C=O) groups is 1. The first-order valence-electron chi connectivity index (χ1n) is 10.2. The van der Waals surface area contributed by atoms with Gasteiger partial charge in [0.05, 0.1) is 12.9 Å². The van der Waals surface area contributed by atoms with Crippen molar-refractivity contribution in [1.82, 2.24) is 14.8 Å². The highest BCUT2D eigenvalue weighted by atomic mass is 79.9. The summed E-state index contributed by atoms with van der Waals surface area (Å²) in [6, 6.07) is 22.0. The molecule has 0 atom stereocenters. The number of carbonyl (C=O) groups excluding carboxylic acids is 1. The van der Waals surface area contributed by atoms with Gasteiger partial charge in [-0.1, -0.05) is 39.3 Å². The number of anilines is 1. The Bertz CT molecular complexity index is 1250. The fraction of sp³-hybridized carbons (Fsp3) is 0.125. The van der Waals surface area contributed by atoms with Crippen LogP contribution in [0.5, 0.6) is 11.5 Å². The minimum Gasteiger partial charge on any atom is -0.497 e. The average Bonchev–Trinajstić information content (AvgIpc) is 3.26. The topological polar surface area (TPSA) is 78.3 Å². The summed E-state index contributed by atoms with van der Waals surface area (Å²) in [7, 11) is 1.62. The molecule has 1 N–H and O–H groups in total. The van der Waals surface area contributed by atoms with E-state index in [2.05, 4.69) is 31.4 Å². The molecule has 1 aromatic heterocycles. The van der Waals surface area contributed by atoms with Crippen LogP contribution in [0.15, 0.2) is 82.4 Å². The lowest BCUT2D eigenvalue weighted by Crippen LogP contribution is -2.14. The van der Waals surface area contributed by atoms with Gasteiger partial charge in [-0.15, -0.1) is 10.2 Å². The zero-order chi connectivity index (χ0) is 23.9. The summed E-state index contributed by atoms with van der Waals surface area (Å²) in [6.45, 7) is 0.187. The number of hydrogen-bond acceptors (Lipinski definition) is 6. The second-order valence-corrected chi connectivity index (χ2v) is 9.31. The third-order valence-corrected chi connectivity index (χ3v) is 6.38. The number of nitrogens with zero attached hydrogens (tertiary/aromatic N) is 3. The Morgan fingerprint density at radius 1 is 1.00 bits per heavy atom. The number of ether oxygens (including phenoxy) is 2. The minimum atomic E-state index is -0.143. The molecular formula is C24H20BrClN4O3S. The summed E-state index contributed by atoms with van der Waals surface area (Å²) >= 11 is 10.6. The van der Waals surface area contributed by atoms with Crippen LogP contribution in [-0.4, -0.2) is 33.5 Å². The van der Waals surface area contributed by atoms with E-state index < -0.39 is 0 Å². The smallest absolute Gasteiger partial charge is 0.234 e. The van der Waals surface area contributed by atoms with Gasteiger partial charge in [-0.3, -0.25) is 9.36 Å². The van der Waals surface area contributed by atoms with Crippen molar-refractivity contribution in [3.8, 4) is 17.2 Å². The lowest BCUT2D eigenvalue weighted by Gasteiger charge is -2.12. The first-order chi connectivity index (χ1) is 16.5. The number of thioether (sulfide) groups is 1. The molecule has 10 heteroatoms. The van der Waals surface area contributed by atoms with Crippen LogP contribution in [0.3, 0.4) is 0 Å². The van der Waals surface area contributed by atoms with E-state index >= 15 is 0 Å². The Morgan fingerprint density at radius 2 is 1.68 bits per heavy atom. The molecule has 0 spiro atoms. The predicted molar refractivity (Wildman–Crippen MR) is 137 cm³/mol. The lowest BCUT2D eigenvalue weighted by molar-refractivity contribution is -0.113. The van der Waals surface area contributed by atoms with E-state index in [4.69, 9.17) is 21.1 Å². The van der Waals surface area contributed by atoms with E-state index in [1.807, 2.05) is 53.1 Å². The first kappa shape index (κ1) is 24.1. The number of aromatic nitrogens is 3. The van der Waals surface area contributed by atoms with Crippen LogP contribution in [-0.2, 0) is 11.4 Å². The molecule has 0 unspecified atom stereocenters. The summed E-state index contributed by atoms with van der Waals surface area (Å²) in [5.41, 5.74) is 1.55. The van der Waals surface area contributed by atoms with Gasteiger partial charge in [0.1, 0.15) is 18.1 Å². The Kier molecular flexibility index (Phi) is 8.10. The van der Waals surface area contributed by atoms with Crippen molar-refractivity contribution < 1.29 is 14.3 Å². The highest BCUT2D eigenvalue weighted by Crippen LogP contribution is 2.25. The molecule has 0 radical (unpaired) electrons. The van der Waals surface area contributed by atoms with Crippen molar-refractivity contribution in [2.75, 3.05) is 18.2 Å². The molecule has 0 saturated carbocycles. The van der Waals surface area contributed by atoms with Crippen LogP contribution in [0.25, 0.3) is 5.69 Å². The molecule has 4 rings (SSSR count). The van der Waals surface area contributed by atoms with E-state index in [9.17, 15) is 4.79 Å². The molecule has 0 bridgehead atoms. The zero-order valence-electron chi connectivity index (χ0n) is 18.1. The molecule has 174 valence electrons. The summed E-state index contributed by atoms with van der Waals surface area (Å²) in [4.78, 5) is 12.5. The number of nitrogens with one attached hydrogen (secondary N) is 1. The van der Waals surface area contributed by atoms with Crippen molar-refractivity contribution in [3.63, 3.8) is 0 Å². The third-order valence-electron chi connectivity index (χ3n) is 4.67. The van der Waals surface area contributed by atoms with Gasteiger partial charge in [-0.05, 0) is 72.8 Å². The van der Waals surface area contributed by atoms with Gasteiger partial charge in [-0.25, -0.2) is 0 Å². The molecule has 0 aliphatic carbocycles. The van der Waals surface area contributed by atoms with Gasteiger partial charge >= 0.3 is 0 Å². The summed E-state index contributed by atoms with van der Waals surface area (Å²) in [6.07, 6.45) is 0. The van der Waals surface area contributed by atoms with Crippen molar-refractivity contribution in [3.05, 3.63) is 88.1 Å². The predicted octanol–water partition coefficient (Wildman–Crippen LogP) is 6.00. The summed E-state index contributed by atoms with van der Waals surface area (Å²) in [5.74, 6) is 2.02. The van der Waals surface area contributed by atoms with Gasteiger partial charge in [0.25, 0.3) is 0 Å². The van der Waals surface area contributed by atoms with Crippen LogP contribution >= 0.6 is 39.3 Å². The third kappa shape index (κ3) is 6.31. The van der Waals surface area contributed by atoms with Crippen LogP contribution in [0, 0.1) is 0 Å². The monoisotopic (exact) mass is 558 g/mol. The van der Waals surface area contributed by atoms with Crippen LogP contribution in [0.4, 0.5) is 5.69 Å². The van der Waals surface area contributed by atoms with E-state index in [0.717, 1.165) is 21.6 Å². The Balaban J connectivity index is 1.51. The van der Waals surface area contributed by atoms with Crippen molar-refractivity contribution in [2.45, 2.75) is 11.8 Å². The van der Waals surface area contributed by atoms with E-state index in [1.54, 1.807) is 31.4 Å². The molecule has 0 aliphatic rings. The second kappa shape index (κ2) is 11.4. The molecule has 0 fully saturated rings. The van der Waals surface area contributed by atoms with Crippen molar-refractivity contribution >= 4 is 50.9 Å². The maximum atomic E-state index is 12.5. The quantitative estimate of drug-likeness (QED) is 0.253. The number of halogens is 2. The molecule has 1 amide bonds. The maximum Gasteiger partial charge on any atom is 0.234 e. The Hall–Kier alpha value is -3.01. The second-order valence-electron chi connectivity index (χ2n) is 7.02. The van der Waals surface area contributed by atoms with Gasteiger partial charge in [0.15, 0.2) is 11.0 Å². The van der Waals surface area contributed by atoms with Crippen LogP contribution in [0.2, 0.25) is 5.02 Å². The van der Waals surface area contributed by atoms with E-state index in [1.165, 1.54) is 11.8 Å². The zero-order valence-corrected chi connectivity index (χ0v) is 21.2. The summed E-state index contributed by atoms with van der Waals surface area (Å²) < 4.78 is 14.0. The molecular weight excluding hydrogens is 540 g/mol. The summed E-state index contributed by atoms with van der Waals surface area (Å²) in [5, 5.41) is 12.7. The largest absolute Gasteiger partial charge is 0.497 e. The number of methoxy groups -OCH3 is 1. The number of amides is 1. The maximum absolute atomic E-state index is 12.5. The average molecular weight is 560 g/mol. The molecule has 1 heterocycles. The molecule has 0 aliphatic heterocycles. The van der Waals surface area contributed by atoms with Gasteiger partial charge < -0.3 is 14.8 Å². The molecule has 4 aromatic rings. The minimum absolute atomic E-state index is 0.143. The Morgan fingerprint density at radius 3 is 2.35 bits per heavy atom. The molecule has 0 saturated heterocycles. The first-order valence-corrected chi connectivity index (χ1v) is 12.3. The van der Waals surface area contributed by atoms with Crippen molar-refractivity contribution in [1.29, 1.82) is 0 Å². The van der Waals surface area contributed by atoms with Crippen molar-refractivity contribution in [2.24, 2.45) is 0 Å². The highest BCUT2D eigenvalue weighted by Gasteiger charge is 2.17. The molecule has 34 heavy (non-hydrogen) atoms. The molecule has 3 aromatic carbocycles. The number of benzene rings is 3. The fourth-order valence-corrected chi connectivity index (χ4v) is 4.18. The van der Waals surface area contributed by atoms with Gasteiger partial charge in [-0.2, -0.15) is 0 Å². The van der Waals surface area contributed by atoms with Crippen LogP contribution in [0.1, 0.15) is 5.82 Å². The van der Waals surface area contributed by atoms with E-state index in [-0.39, 0.29) is 18.3 Å². The highest BCUT2D eigenvalue weighted by molar-refractivity contribution is 9.10. The number of hydrogen-bond donors (Lipinski definition) is 1. The lowest BCUT2D eigenvalue weighted by atomic mass is 10.3. The SMILES string of the molecule is COc1ccc(-n2c(COc3ccc(Cl)cc3)nnc2SCC(=O)Nc2ccc(Br)cc2)cc1. The van der Waals surface area contributed by atoms with Crippen LogP contribution < -0.4 is 14.8 Å². The van der Waals surface area contributed by atoms with E-state index in [0.29, 0.717) is 21.8 Å². The molecule has 7 nitrogen and oxygen atoms in total. The number of rotatable bonds is 9. The Labute approximate surface area is 214 Å². The van der Waals surface area contributed by atoms with Gasteiger partial charge in [0.2, 0.25) is 5.91 Å².